The van der Waals surface area contributed by atoms with Crippen LogP contribution in [0, 0.1) is 5.41 Å². The van der Waals surface area contributed by atoms with Crippen LogP contribution in [0.15, 0.2) is 40.9 Å². The van der Waals surface area contributed by atoms with Crippen molar-refractivity contribution in [2.45, 2.75) is 71.5 Å². The predicted octanol–water partition coefficient (Wildman–Crippen LogP) is 7.13. The third-order valence-electron chi connectivity index (χ3n) is 6.25. The number of halogens is 1. The molecule has 0 aliphatic heterocycles. The van der Waals surface area contributed by atoms with Crippen molar-refractivity contribution in [1.82, 2.24) is 0 Å². The molecule has 2 unspecified atom stereocenters. The molecule has 0 amide bonds. The Morgan fingerprint density at radius 2 is 1.94 bits per heavy atom. The quantitative estimate of drug-likeness (QED) is 0.360. The second-order valence-corrected chi connectivity index (χ2v) is 10.5. The van der Waals surface area contributed by atoms with Gasteiger partial charge in [-0.2, -0.15) is 0 Å². The van der Waals surface area contributed by atoms with Crippen molar-refractivity contribution in [2.75, 3.05) is 14.2 Å². The number of hydrogen-bond donors (Lipinski definition) is 0. The fourth-order valence-corrected chi connectivity index (χ4v) is 5.11. The highest BCUT2D eigenvalue weighted by molar-refractivity contribution is 9.10. The van der Waals surface area contributed by atoms with Crippen LogP contribution in [0.4, 0.5) is 0 Å². The smallest absolute Gasteiger partial charge is 0.305 e. The molecule has 0 radical (unpaired) electrons. The van der Waals surface area contributed by atoms with Gasteiger partial charge in [-0.25, -0.2) is 0 Å². The Bertz CT molecular complexity index is 932. The number of rotatable bonds is 8. The van der Waals surface area contributed by atoms with Crippen molar-refractivity contribution in [3.05, 3.63) is 63.1 Å². The van der Waals surface area contributed by atoms with E-state index in [9.17, 15) is 4.79 Å². The maximum absolute atomic E-state index is 11.6. The van der Waals surface area contributed by atoms with E-state index in [-0.39, 0.29) is 17.5 Å². The number of carbonyl (C=O) groups excluding carboxylic acids is 1. The van der Waals surface area contributed by atoms with Crippen LogP contribution in [0.3, 0.4) is 0 Å². The average Bonchev–Trinajstić information content (AvgIpc) is 2.77. The third kappa shape index (κ3) is 6.14. The summed E-state index contributed by atoms with van der Waals surface area (Å²) in [4.78, 5) is 11.6. The van der Waals surface area contributed by atoms with Gasteiger partial charge in [0.2, 0.25) is 0 Å². The van der Waals surface area contributed by atoms with Crippen molar-refractivity contribution in [3.63, 3.8) is 0 Å². The Labute approximate surface area is 200 Å². The summed E-state index contributed by atoms with van der Waals surface area (Å²) < 4.78 is 17.9. The van der Waals surface area contributed by atoms with E-state index < -0.39 is 0 Å². The monoisotopic (exact) mass is 502 g/mol. The molecule has 5 heteroatoms. The number of carbonyl (C=O) groups is 1. The number of benzene rings is 2. The molecule has 32 heavy (non-hydrogen) atoms. The van der Waals surface area contributed by atoms with Crippen LogP contribution in [0.25, 0.3) is 0 Å². The zero-order valence-electron chi connectivity index (χ0n) is 19.9. The first kappa shape index (κ1) is 24.8. The zero-order chi connectivity index (χ0) is 23.3. The van der Waals surface area contributed by atoms with Gasteiger partial charge in [-0.3, -0.25) is 4.79 Å². The van der Waals surface area contributed by atoms with E-state index in [4.69, 9.17) is 14.2 Å². The van der Waals surface area contributed by atoms with Gasteiger partial charge in [0.25, 0.3) is 0 Å². The van der Waals surface area contributed by atoms with Crippen LogP contribution >= 0.6 is 15.9 Å². The Hall–Kier alpha value is -1.85. The molecule has 2 aromatic carbocycles. The first-order valence-corrected chi connectivity index (χ1v) is 12.2. The number of ether oxygens (including phenoxy) is 3. The molecule has 1 aliphatic rings. The van der Waals surface area contributed by atoms with Gasteiger partial charge in [-0.1, -0.05) is 48.8 Å². The van der Waals surface area contributed by atoms with Gasteiger partial charge in [-0.15, -0.1) is 0 Å². The summed E-state index contributed by atoms with van der Waals surface area (Å²) in [7, 11) is 3.21. The highest BCUT2D eigenvalue weighted by Gasteiger charge is 2.28. The maximum Gasteiger partial charge on any atom is 0.305 e. The molecule has 0 N–H and O–H groups in total. The fraction of sp³-hybridized carbons (Fsp3) is 0.519. The summed E-state index contributed by atoms with van der Waals surface area (Å²) >= 11 is 3.68. The molecule has 4 nitrogen and oxygen atoms in total. The van der Waals surface area contributed by atoms with Gasteiger partial charge < -0.3 is 14.2 Å². The van der Waals surface area contributed by atoms with E-state index >= 15 is 0 Å². The summed E-state index contributed by atoms with van der Waals surface area (Å²) in [6.45, 7) is 7.04. The number of esters is 1. The Morgan fingerprint density at radius 3 is 2.62 bits per heavy atom. The summed E-state index contributed by atoms with van der Waals surface area (Å²) in [5.41, 5.74) is 4.91. The molecule has 1 aliphatic carbocycles. The Balaban J connectivity index is 1.74. The number of methoxy groups -OCH3 is 2. The van der Waals surface area contributed by atoms with Crippen LogP contribution in [0.5, 0.6) is 5.75 Å². The van der Waals surface area contributed by atoms with Crippen molar-refractivity contribution >= 4 is 21.9 Å². The Morgan fingerprint density at radius 1 is 1.16 bits per heavy atom. The highest BCUT2D eigenvalue weighted by Crippen LogP contribution is 2.40. The molecule has 2 aromatic rings. The molecular formula is C27H35BrO4. The molecule has 0 aromatic heterocycles. The van der Waals surface area contributed by atoms with E-state index in [2.05, 4.69) is 73.1 Å². The molecule has 0 fully saturated rings. The van der Waals surface area contributed by atoms with E-state index in [1.54, 1.807) is 7.11 Å². The number of hydrogen-bond acceptors (Lipinski definition) is 4. The summed E-state index contributed by atoms with van der Waals surface area (Å²) in [5, 5.41) is 0. The Kier molecular flexibility index (Phi) is 8.40. The van der Waals surface area contributed by atoms with Crippen molar-refractivity contribution in [1.29, 1.82) is 0 Å². The lowest BCUT2D eigenvalue weighted by atomic mass is 9.80. The van der Waals surface area contributed by atoms with Gasteiger partial charge in [-0.05, 0) is 83.5 Å². The number of aryl methyl sites for hydroxylation is 1. The van der Waals surface area contributed by atoms with Crippen LogP contribution in [0.2, 0.25) is 0 Å². The molecule has 0 bridgehead atoms. The molecule has 2 atom stereocenters. The van der Waals surface area contributed by atoms with Gasteiger partial charge >= 0.3 is 5.97 Å². The molecule has 0 saturated heterocycles. The predicted molar refractivity (Wildman–Crippen MR) is 131 cm³/mol. The summed E-state index contributed by atoms with van der Waals surface area (Å²) in [6, 6.07) is 12.7. The zero-order valence-corrected chi connectivity index (χ0v) is 21.5. The summed E-state index contributed by atoms with van der Waals surface area (Å²) in [6.07, 6.45) is 4.62. The second kappa shape index (κ2) is 10.8. The minimum Gasteiger partial charge on any atom is -0.489 e. The fourth-order valence-electron chi connectivity index (χ4n) is 4.66. The van der Waals surface area contributed by atoms with Gasteiger partial charge in [0.05, 0.1) is 13.2 Å². The van der Waals surface area contributed by atoms with Crippen LogP contribution in [-0.4, -0.2) is 20.2 Å². The van der Waals surface area contributed by atoms with E-state index in [1.807, 2.05) is 0 Å². The van der Waals surface area contributed by atoms with Crippen molar-refractivity contribution in [3.8, 4) is 5.75 Å². The lowest BCUT2D eigenvalue weighted by Gasteiger charge is -2.30. The topological polar surface area (TPSA) is 44.8 Å². The van der Waals surface area contributed by atoms with Gasteiger partial charge in [0, 0.05) is 18.0 Å². The first-order chi connectivity index (χ1) is 15.2. The van der Waals surface area contributed by atoms with Crippen LogP contribution < -0.4 is 4.74 Å². The third-order valence-corrected chi connectivity index (χ3v) is 6.97. The molecule has 3 rings (SSSR count). The second-order valence-electron chi connectivity index (χ2n) is 9.69. The molecule has 0 heterocycles. The van der Waals surface area contributed by atoms with Gasteiger partial charge in [0.1, 0.15) is 12.4 Å². The SMILES string of the molecule is COC(=O)CCC1CCCc2ccc(OCc3ccc(Br)c(C(OC)C(C)(C)C)c3)cc21. The summed E-state index contributed by atoms with van der Waals surface area (Å²) in [5.74, 6) is 1.12. The van der Waals surface area contributed by atoms with Crippen LogP contribution in [-0.2, 0) is 27.3 Å². The maximum atomic E-state index is 11.6. The first-order valence-electron chi connectivity index (χ1n) is 11.4. The highest BCUT2D eigenvalue weighted by atomic mass is 79.9. The van der Waals surface area contributed by atoms with E-state index in [1.165, 1.54) is 18.2 Å². The standard InChI is InChI=1S/C27H35BrO4/c1-27(2,3)26(31-5)23-15-18(9-13-24(23)28)17-32-21-12-10-19-7-6-8-20(22(19)16-21)11-14-25(29)30-4/h9-10,12-13,15-16,20,26H,6-8,11,14,17H2,1-5H3. The largest absolute Gasteiger partial charge is 0.489 e. The van der Waals surface area contributed by atoms with Crippen LogP contribution in [0.1, 0.15) is 80.7 Å². The normalized spacial score (nSPS) is 16.9. The lowest BCUT2D eigenvalue weighted by molar-refractivity contribution is -0.140. The minimum absolute atomic E-state index is 0.0175. The van der Waals surface area contributed by atoms with E-state index in [0.29, 0.717) is 18.9 Å². The average molecular weight is 503 g/mol. The molecule has 0 spiro atoms. The minimum atomic E-state index is -0.139. The van der Waals surface area contributed by atoms with Crippen molar-refractivity contribution in [2.24, 2.45) is 5.41 Å². The van der Waals surface area contributed by atoms with Gasteiger partial charge in [0.15, 0.2) is 0 Å². The molecule has 174 valence electrons. The lowest BCUT2D eigenvalue weighted by Crippen LogP contribution is -2.20. The molecular weight excluding hydrogens is 468 g/mol. The van der Waals surface area contributed by atoms with E-state index in [0.717, 1.165) is 47.0 Å². The molecule has 0 saturated carbocycles. The van der Waals surface area contributed by atoms with Crippen molar-refractivity contribution < 1.29 is 19.0 Å². The number of fused-ring (bicyclic) bond motifs is 1.